The zero-order valence-electron chi connectivity index (χ0n) is 13.6. The molecule has 7 heteroatoms. The van der Waals surface area contributed by atoms with Crippen molar-refractivity contribution in [1.29, 1.82) is 0 Å². The molecule has 2 aromatic carbocycles. The van der Waals surface area contributed by atoms with Crippen molar-refractivity contribution >= 4 is 6.03 Å². The minimum absolute atomic E-state index is 0.0305. The Kier molecular flexibility index (Phi) is 4.09. The monoisotopic (exact) mass is 364 g/mol. The van der Waals surface area contributed by atoms with E-state index in [-0.39, 0.29) is 30.0 Å². The van der Waals surface area contributed by atoms with E-state index in [4.69, 9.17) is 0 Å². The van der Waals surface area contributed by atoms with Gasteiger partial charge in [0, 0.05) is 23.9 Å². The summed E-state index contributed by atoms with van der Waals surface area (Å²) in [5, 5.41) is 5.60. The fourth-order valence-electron chi connectivity index (χ4n) is 3.31. The van der Waals surface area contributed by atoms with Gasteiger partial charge in [0.1, 0.15) is 0 Å². The maximum Gasteiger partial charge on any atom is 0.315 e. The lowest BCUT2D eigenvalue weighted by atomic mass is 10.1. The van der Waals surface area contributed by atoms with E-state index >= 15 is 0 Å². The molecule has 3 nitrogen and oxygen atoms in total. The van der Waals surface area contributed by atoms with Crippen LogP contribution in [0.15, 0.2) is 36.4 Å². The molecule has 2 aliphatic carbocycles. The molecule has 2 fully saturated rings. The second kappa shape index (κ2) is 6.30. The zero-order valence-corrected chi connectivity index (χ0v) is 13.6. The Bertz CT molecular complexity index is 803. The maximum absolute atomic E-state index is 13.3. The summed E-state index contributed by atoms with van der Waals surface area (Å²) in [6, 6.07) is 6.90. The van der Waals surface area contributed by atoms with Crippen LogP contribution in [-0.2, 0) is 0 Å². The summed E-state index contributed by atoms with van der Waals surface area (Å²) in [4.78, 5) is 12.0. The number of nitrogens with one attached hydrogen (secondary N) is 2. The predicted octanol–water partition coefficient (Wildman–Crippen LogP) is 3.95. The van der Waals surface area contributed by atoms with Crippen molar-refractivity contribution in [2.45, 2.75) is 36.8 Å². The molecule has 4 atom stereocenters. The number of benzene rings is 2. The summed E-state index contributed by atoms with van der Waals surface area (Å²) in [5.41, 5.74) is 1.31. The summed E-state index contributed by atoms with van der Waals surface area (Å²) in [7, 11) is 0. The van der Waals surface area contributed by atoms with E-state index in [2.05, 4.69) is 10.6 Å². The number of carbonyl (C=O) groups excluding carboxylic acids is 1. The number of halogens is 4. The average Bonchev–Trinajstić information content (AvgIpc) is 3.50. The summed E-state index contributed by atoms with van der Waals surface area (Å²) < 4.78 is 52.5. The Labute approximate surface area is 147 Å². The van der Waals surface area contributed by atoms with Crippen LogP contribution < -0.4 is 10.6 Å². The normalized spacial score (nSPS) is 26.3. The highest BCUT2D eigenvalue weighted by Gasteiger charge is 2.43. The molecule has 0 spiro atoms. The van der Waals surface area contributed by atoms with Crippen molar-refractivity contribution in [2.75, 3.05) is 0 Å². The van der Waals surface area contributed by atoms with Crippen LogP contribution in [0.3, 0.4) is 0 Å². The number of amides is 2. The predicted molar refractivity (Wildman–Crippen MR) is 86.7 cm³/mol. The molecule has 2 aromatic rings. The van der Waals surface area contributed by atoms with E-state index in [9.17, 15) is 22.4 Å². The molecule has 4 rings (SSSR count). The first kappa shape index (κ1) is 16.9. The van der Waals surface area contributed by atoms with E-state index in [1.165, 1.54) is 12.1 Å². The van der Waals surface area contributed by atoms with E-state index in [1.54, 1.807) is 0 Å². The molecule has 136 valence electrons. The van der Waals surface area contributed by atoms with Gasteiger partial charge in [0.2, 0.25) is 0 Å². The molecule has 0 heterocycles. The van der Waals surface area contributed by atoms with Crippen molar-refractivity contribution in [3.05, 3.63) is 70.8 Å². The summed E-state index contributed by atoms with van der Waals surface area (Å²) in [6.07, 6.45) is 1.32. The van der Waals surface area contributed by atoms with E-state index < -0.39 is 23.3 Å². The van der Waals surface area contributed by atoms with Gasteiger partial charge in [-0.05, 0) is 48.2 Å². The third kappa shape index (κ3) is 3.38. The highest BCUT2D eigenvalue weighted by Crippen LogP contribution is 2.42. The molecule has 2 amide bonds. The second-order valence-electron chi connectivity index (χ2n) is 6.86. The third-order valence-electron chi connectivity index (χ3n) is 4.96. The van der Waals surface area contributed by atoms with E-state index in [0.717, 1.165) is 24.3 Å². The van der Waals surface area contributed by atoms with Gasteiger partial charge in [0.05, 0.1) is 0 Å². The van der Waals surface area contributed by atoms with E-state index in [0.29, 0.717) is 24.0 Å². The van der Waals surface area contributed by atoms with Crippen molar-refractivity contribution < 1.29 is 22.4 Å². The molecule has 0 unspecified atom stereocenters. The van der Waals surface area contributed by atoms with Crippen LogP contribution in [0.1, 0.15) is 35.8 Å². The molecule has 0 bridgehead atoms. The number of hydrogen-bond donors (Lipinski definition) is 2. The molecule has 2 N–H and O–H groups in total. The fourth-order valence-corrected chi connectivity index (χ4v) is 3.31. The minimum atomic E-state index is -0.898. The Morgan fingerprint density at radius 2 is 1.15 bits per heavy atom. The van der Waals surface area contributed by atoms with E-state index in [1.807, 2.05) is 0 Å². The number of hydrogen-bond acceptors (Lipinski definition) is 1. The van der Waals surface area contributed by atoms with Crippen LogP contribution in [0.5, 0.6) is 0 Å². The fraction of sp³-hybridized carbons (Fsp3) is 0.316. The molecule has 2 aliphatic rings. The first-order valence-corrected chi connectivity index (χ1v) is 8.39. The molecule has 2 saturated carbocycles. The van der Waals surface area contributed by atoms with Crippen LogP contribution in [-0.4, -0.2) is 18.1 Å². The SMILES string of the molecule is O=C(N[C@@H]1C[C@@H]1c1ccc(F)c(F)c1)N[C@@H]1C[C@@H]1c1ccc(F)c(F)c1. The van der Waals surface area contributed by atoms with Gasteiger partial charge in [-0.3, -0.25) is 0 Å². The Hall–Kier alpha value is -2.57. The van der Waals surface area contributed by atoms with Crippen molar-refractivity contribution in [3.63, 3.8) is 0 Å². The smallest absolute Gasteiger partial charge is 0.315 e. The van der Waals surface area contributed by atoms with Gasteiger partial charge < -0.3 is 10.6 Å². The van der Waals surface area contributed by atoms with Crippen LogP contribution >= 0.6 is 0 Å². The zero-order chi connectivity index (χ0) is 18.4. The Morgan fingerprint density at radius 3 is 1.54 bits per heavy atom. The molecule has 0 saturated heterocycles. The first-order chi connectivity index (χ1) is 12.4. The standard InChI is InChI=1S/C19H16F4N2O/c20-13-3-1-9(5-15(13)22)11-7-17(11)24-19(26)25-18-8-12(18)10-2-4-14(21)16(23)6-10/h1-6,11-12,17-18H,7-8H2,(H2,24,25,26)/t11-,12-,17-,18-/m1/s1. The van der Waals surface area contributed by atoms with Gasteiger partial charge in [0.15, 0.2) is 23.3 Å². The maximum atomic E-state index is 13.3. The van der Waals surface area contributed by atoms with Gasteiger partial charge in [-0.15, -0.1) is 0 Å². The quantitative estimate of drug-likeness (QED) is 0.793. The number of carbonyl (C=O) groups is 1. The molecular weight excluding hydrogens is 348 g/mol. The Balaban J connectivity index is 1.28. The lowest BCUT2D eigenvalue weighted by Gasteiger charge is -2.08. The second-order valence-corrected chi connectivity index (χ2v) is 6.86. The van der Waals surface area contributed by atoms with Gasteiger partial charge in [-0.1, -0.05) is 12.1 Å². The van der Waals surface area contributed by atoms with Crippen molar-refractivity contribution in [3.8, 4) is 0 Å². The lowest BCUT2D eigenvalue weighted by molar-refractivity contribution is 0.239. The molecule has 0 aromatic heterocycles. The average molecular weight is 364 g/mol. The first-order valence-electron chi connectivity index (χ1n) is 8.39. The van der Waals surface area contributed by atoms with Gasteiger partial charge in [-0.2, -0.15) is 0 Å². The van der Waals surface area contributed by atoms with Crippen LogP contribution in [0, 0.1) is 23.3 Å². The summed E-state index contributed by atoms with van der Waals surface area (Å²) >= 11 is 0. The van der Waals surface area contributed by atoms with Crippen LogP contribution in [0.25, 0.3) is 0 Å². The topological polar surface area (TPSA) is 41.1 Å². The van der Waals surface area contributed by atoms with Gasteiger partial charge >= 0.3 is 6.03 Å². The largest absolute Gasteiger partial charge is 0.335 e. The minimum Gasteiger partial charge on any atom is -0.335 e. The lowest BCUT2D eigenvalue weighted by Crippen LogP contribution is -2.39. The van der Waals surface area contributed by atoms with Crippen LogP contribution in [0.2, 0.25) is 0 Å². The van der Waals surface area contributed by atoms with Crippen molar-refractivity contribution in [2.24, 2.45) is 0 Å². The third-order valence-corrected chi connectivity index (χ3v) is 4.96. The molecule has 0 radical (unpaired) electrons. The molecular formula is C19H16F4N2O. The van der Waals surface area contributed by atoms with Gasteiger partial charge in [-0.25, -0.2) is 22.4 Å². The number of rotatable bonds is 4. The highest BCUT2D eigenvalue weighted by atomic mass is 19.2. The summed E-state index contributed by atoms with van der Waals surface area (Å²) in [6.45, 7) is 0. The van der Waals surface area contributed by atoms with Crippen LogP contribution in [0.4, 0.5) is 22.4 Å². The van der Waals surface area contributed by atoms with Crippen molar-refractivity contribution in [1.82, 2.24) is 10.6 Å². The van der Waals surface area contributed by atoms with Gasteiger partial charge in [0.25, 0.3) is 0 Å². The summed E-state index contributed by atoms with van der Waals surface area (Å²) in [5.74, 6) is -3.65. The highest BCUT2D eigenvalue weighted by molar-refractivity contribution is 5.76. The molecule has 26 heavy (non-hydrogen) atoms. The molecule has 0 aliphatic heterocycles. The number of urea groups is 1. The Morgan fingerprint density at radius 1 is 0.731 bits per heavy atom.